The van der Waals surface area contributed by atoms with E-state index in [1.807, 2.05) is 12.1 Å². The van der Waals surface area contributed by atoms with E-state index in [4.69, 9.17) is 4.74 Å². The van der Waals surface area contributed by atoms with E-state index in [-0.39, 0.29) is 30.1 Å². The highest BCUT2D eigenvalue weighted by atomic mass is 127. The van der Waals surface area contributed by atoms with Gasteiger partial charge in [0.1, 0.15) is 11.9 Å². The van der Waals surface area contributed by atoms with E-state index in [2.05, 4.69) is 68.9 Å². The minimum atomic E-state index is 0. The van der Waals surface area contributed by atoms with Gasteiger partial charge < -0.3 is 20.3 Å². The second-order valence-corrected chi connectivity index (χ2v) is 8.25. The van der Waals surface area contributed by atoms with Crippen molar-refractivity contribution in [2.24, 2.45) is 4.99 Å². The number of nitrogens with zero attached hydrogens (tertiary/aromatic N) is 3. The molecule has 0 amide bonds. The number of piperazine rings is 1. The van der Waals surface area contributed by atoms with Crippen LogP contribution in [0.4, 0.5) is 0 Å². The fraction of sp³-hybridized carbons (Fsp3) is 0.458. The third-order valence-corrected chi connectivity index (χ3v) is 5.92. The number of ether oxygens (including phenoxy) is 1. The Hall–Kier alpha value is -1.84. The van der Waals surface area contributed by atoms with Crippen LogP contribution in [0, 0.1) is 0 Å². The highest BCUT2D eigenvalue weighted by Crippen LogP contribution is 2.27. The fourth-order valence-electron chi connectivity index (χ4n) is 4.01. The van der Waals surface area contributed by atoms with Gasteiger partial charge in [0.15, 0.2) is 5.96 Å². The molecular weight excluding hydrogens is 501 g/mol. The summed E-state index contributed by atoms with van der Waals surface area (Å²) in [6, 6.07) is 17.2. The van der Waals surface area contributed by atoms with Crippen molar-refractivity contribution in [2.45, 2.75) is 25.6 Å². The van der Waals surface area contributed by atoms with Crippen LogP contribution < -0.4 is 15.4 Å². The fourth-order valence-corrected chi connectivity index (χ4v) is 4.01. The molecule has 4 rings (SSSR count). The number of fused-ring (bicyclic) bond motifs is 1. The van der Waals surface area contributed by atoms with Crippen LogP contribution >= 0.6 is 24.0 Å². The van der Waals surface area contributed by atoms with E-state index in [0.29, 0.717) is 0 Å². The van der Waals surface area contributed by atoms with Gasteiger partial charge in [-0.25, -0.2) is 0 Å². The first-order chi connectivity index (χ1) is 14.7. The van der Waals surface area contributed by atoms with E-state index in [0.717, 1.165) is 63.9 Å². The molecule has 1 saturated heterocycles. The smallest absolute Gasteiger partial charge is 0.191 e. The Labute approximate surface area is 203 Å². The maximum atomic E-state index is 5.99. The average Bonchev–Trinajstić information content (AvgIpc) is 3.19. The molecule has 2 aromatic carbocycles. The minimum Gasteiger partial charge on any atom is -0.488 e. The van der Waals surface area contributed by atoms with E-state index in [1.165, 1.54) is 16.7 Å². The van der Waals surface area contributed by atoms with E-state index in [1.54, 1.807) is 7.05 Å². The van der Waals surface area contributed by atoms with Gasteiger partial charge in [0, 0.05) is 52.7 Å². The summed E-state index contributed by atoms with van der Waals surface area (Å²) in [5.41, 5.74) is 3.91. The van der Waals surface area contributed by atoms with Crippen molar-refractivity contribution in [3.05, 3.63) is 65.2 Å². The summed E-state index contributed by atoms with van der Waals surface area (Å²) in [4.78, 5) is 9.27. The highest BCUT2D eigenvalue weighted by molar-refractivity contribution is 14.0. The van der Waals surface area contributed by atoms with Crippen molar-refractivity contribution in [2.75, 3.05) is 46.8 Å². The van der Waals surface area contributed by atoms with Gasteiger partial charge in [-0.3, -0.25) is 9.89 Å². The van der Waals surface area contributed by atoms with Gasteiger partial charge in [0.2, 0.25) is 0 Å². The van der Waals surface area contributed by atoms with Crippen LogP contribution in [0.3, 0.4) is 0 Å². The lowest BCUT2D eigenvalue weighted by atomic mass is 10.1. The van der Waals surface area contributed by atoms with Gasteiger partial charge in [-0.2, -0.15) is 0 Å². The van der Waals surface area contributed by atoms with Crippen molar-refractivity contribution >= 4 is 29.9 Å². The Bertz CT molecular complexity index is 824. The first-order valence-electron chi connectivity index (χ1n) is 10.9. The van der Waals surface area contributed by atoms with Crippen molar-refractivity contribution in [1.29, 1.82) is 0 Å². The maximum absolute atomic E-state index is 5.99. The number of likely N-dealkylation sites (N-methyl/N-ethyl adjacent to an activating group) is 1. The van der Waals surface area contributed by atoms with Gasteiger partial charge in [-0.05, 0) is 29.8 Å². The van der Waals surface area contributed by atoms with Gasteiger partial charge >= 0.3 is 0 Å². The molecule has 0 bridgehead atoms. The molecule has 2 aromatic rings. The van der Waals surface area contributed by atoms with Crippen LogP contribution in [-0.2, 0) is 19.5 Å². The minimum absolute atomic E-state index is 0. The SMILES string of the molecule is CN=C(NCc1ccc(CN2CCN(C)CC2)cc1)NCC1Cc2ccccc2O1.I. The molecule has 168 valence electrons. The second-order valence-electron chi connectivity index (χ2n) is 8.25. The summed E-state index contributed by atoms with van der Waals surface area (Å²) in [5.74, 6) is 1.81. The van der Waals surface area contributed by atoms with Crippen LogP contribution in [0.1, 0.15) is 16.7 Å². The summed E-state index contributed by atoms with van der Waals surface area (Å²) >= 11 is 0. The number of guanidine groups is 1. The van der Waals surface area contributed by atoms with E-state index < -0.39 is 0 Å². The molecule has 0 aromatic heterocycles. The molecule has 0 saturated carbocycles. The molecule has 31 heavy (non-hydrogen) atoms. The van der Waals surface area contributed by atoms with Gasteiger partial charge in [0.25, 0.3) is 0 Å². The number of benzene rings is 2. The number of aliphatic imine (C=N–C) groups is 1. The van der Waals surface area contributed by atoms with Crippen LogP contribution in [0.15, 0.2) is 53.5 Å². The Morgan fingerprint density at radius 2 is 1.71 bits per heavy atom. The Balaban J connectivity index is 0.00000272. The largest absolute Gasteiger partial charge is 0.488 e. The third-order valence-electron chi connectivity index (χ3n) is 5.92. The zero-order valence-corrected chi connectivity index (χ0v) is 20.8. The average molecular weight is 535 g/mol. The third kappa shape index (κ3) is 6.82. The topological polar surface area (TPSA) is 52.1 Å². The van der Waals surface area contributed by atoms with Gasteiger partial charge in [-0.15, -0.1) is 24.0 Å². The highest BCUT2D eigenvalue weighted by Gasteiger charge is 2.22. The van der Waals surface area contributed by atoms with Gasteiger partial charge in [-0.1, -0.05) is 42.5 Å². The molecular formula is C24H34IN5O. The van der Waals surface area contributed by atoms with Crippen LogP contribution in [0.25, 0.3) is 0 Å². The summed E-state index contributed by atoms with van der Waals surface area (Å²) in [6.45, 7) is 7.14. The zero-order chi connectivity index (χ0) is 20.8. The lowest BCUT2D eigenvalue weighted by Crippen LogP contribution is -2.43. The molecule has 2 N–H and O–H groups in total. The molecule has 0 aliphatic carbocycles. The first kappa shape index (κ1) is 23.8. The molecule has 1 fully saturated rings. The maximum Gasteiger partial charge on any atom is 0.191 e. The molecule has 0 spiro atoms. The van der Waals surface area contributed by atoms with Crippen molar-refractivity contribution in [3.63, 3.8) is 0 Å². The summed E-state index contributed by atoms with van der Waals surface area (Å²) < 4.78 is 5.99. The van der Waals surface area contributed by atoms with Crippen molar-refractivity contribution < 1.29 is 4.74 Å². The van der Waals surface area contributed by atoms with Crippen molar-refractivity contribution in [3.8, 4) is 5.75 Å². The number of hydrogen-bond acceptors (Lipinski definition) is 4. The van der Waals surface area contributed by atoms with Crippen LogP contribution in [0.2, 0.25) is 0 Å². The van der Waals surface area contributed by atoms with Gasteiger partial charge in [0.05, 0.1) is 6.54 Å². The van der Waals surface area contributed by atoms with E-state index >= 15 is 0 Å². The Morgan fingerprint density at radius 3 is 2.42 bits per heavy atom. The lowest BCUT2D eigenvalue weighted by molar-refractivity contribution is 0.148. The standard InChI is InChI=1S/C24H33N5O.HI/c1-25-24(27-17-22-15-21-5-3-4-6-23(21)30-22)26-16-19-7-9-20(10-8-19)18-29-13-11-28(2)12-14-29;/h3-10,22H,11-18H2,1-2H3,(H2,25,26,27);1H. The van der Waals surface area contributed by atoms with E-state index in [9.17, 15) is 0 Å². The predicted octanol–water partition coefficient (Wildman–Crippen LogP) is 2.72. The normalized spacial score (nSPS) is 19.3. The molecule has 6 nitrogen and oxygen atoms in total. The molecule has 1 unspecified atom stereocenters. The summed E-state index contributed by atoms with van der Waals surface area (Å²) in [5, 5.41) is 6.79. The summed E-state index contributed by atoms with van der Waals surface area (Å²) in [6.07, 6.45) is 1.09. The predicted molar refractivity (Wildman–Crippen MR) is 137 cm³/mol. The zero-order valence-electron chi connectivity index (χ0n) is 18.5. The second kappa shape index (κ2) is 11.7. The first-order valence-corrected chi connectivity index (χ1v) is 10.9. The Morgan fingerprint density at radius 1 is 1.00 bits per heavy atom. The molecule has 1 atom stereocenters. The summed E-state index contributed by atoms with van der Waals surface area (Å²) in [7, 11) is 4.00. The molecule has 2 heterocycles. The van der Waals surface area contributed by atoms with Crippen LogP contribution in [0.5, 0.6) is 5.75 Å². The number of hydrogen-bond donors (Lipinski definition) is 2. The van der Waals surface area contributed by atoms with Crippen molar-refractivity contribution in [1.82, 2.24) is 20.4 Å². The molecule has 2 aliphatic heterocycles. The lowest BCUT2D eigenvalue weighted by Gasteiger charge is -2.32. The van der Waals surface area contributed by atoms with Crippen LogP contribution in [-0.4, -0.2) is 68.7 Å². The molecule has 2 aliphatic rings. The quantitative estimate of drug-likeness (QED) is 0.339. The molecule has 7 heteroatoms. The number of para-hydroxylation sites is 1. The number of nitrogens with one attached hydrogen (secondary N) is 2. The Kier molecular flexibility index (Phi) is 8.98. The number of rotatable bonds is 6. The number of halogens is 1. The monoisotopic (exact) mass is 535 g/mol. The molecule has 0 radical (unpaired) electrons.